The van der Waals surface area contributed by atoms with Crippen LogP contribution in [0.25, 0.3) is 10.9 Å². The second-order valence-electron chi connectivity index (χ2n) is 3.85. The molecule has 1 aromatic carbocycles. The molecule has 82 valence electrons. The van der Waals surface area contributed by atoms with Crippen molar-refractivity contribution in [2.24, 2.45) is 0 Å². The summed E-state index contributed by atoms with van der Waals surface area (Å²) in [6.07, 6.45) is 2.86. The molecule has 0 saturated carbocycles. The number of pyridine rings is 1. The number of fused-ring (bicyclic) bond motifs is 1. The maximum Gasteiger partial charge on any atom is 0.129 e. The van der Waals surface area contributed by atoms with Crippen LogP contribution in [-0.4, -0.2) is 11.5 Å². The predicted molar refractivity (Wildman–Crippen MR) is 69.8 cm³/mol. The number of benzene rings is 1. The van der Waals surface area contributed by atoms with E-state index in [-0.39, 0.29) is 0 Å². The van der Waals surface area contributed by atoms with Crippen molar-refractivity contribution in [3.63, 3.8) is 0 Å². The minimum atomic E-state index is 0.885. The number of rotatable bonds is 4. The van der Waals surface area contributed by atoms with E-state index < -0.39 is 0 Å². The van der Waals surface area contributed by atoms with E-state index in [1.54, 1.807) is 0 Å². The van der Waals surface area contributed by atoms with Crippen LogP contribution in [0.4, 0.5) is 5.82 Å². The summed E-state index contributed by atoms with van der Waals surface area (Å²) >= 11 is 0. The van der Waals surface area contributed by atoms with Crippen LogP contribution in [0.5, 0.6) is 0 Å². The van der Waals surface area contributed by atoms with Gasteiger partial charge in [0.25, 0.3) is 0 Å². The average molecular weight is 212 g/mol. The fourth-order valence-electron chi connectivity index (χ4n) is 1.69. The quantitative estimate of drug-likeness (QED) is 0.619. The van der Waals surface area contributed by atoms with Gasteiger partial charge in [-0.25, -0.2) is 4.98 Å². The lowest BCUT2D eigenvalue weighted by Crippen LogP contribution is -2.04. The molecule has 0 unspecified atom stereocenters. The lowest BCUT2D eigenvalue weighted by Gasteiger charge is -2.08. The zero-order chi connectivity index (χ0) is 11.4. The Kier molecular flexibility index (Phi) is 3.20. The number of hydrogen-bond acceptors (Lipinski definition) is 2. The summed E-state index contributed by atoms with van der Waals surface area (Å²) in [5.41, 5.74) is 2.22. The van der Waals surface area contributed by atoms with Crippen molar-refractivity contribution >= 4 is 16.7 Å². The molecule has 2 nitrogen and oxygen atoms in total. The molecule has 1 N–H and O–H groups in total. The summed E-state index contributed by atoms with van der Waals surface area (Å²) in [5, 5.41) is 4.51. The van der Waals surface area contributed by atoms with Crippen molar-refractivity contribution in [1.82, 2.24) is 4.98 Å². The van der Waals surface area contributed by atoms with Gasteiger partial charge in [0.2, 0.25) is 0 Å². The number of aryl methyl sites for hydroxylation is 1. The summed E-state index contributed by atoms with van der Waals surface area (Å²) < 4.78 is 0. The first-order valence-electron chi connectivity index (χ1n) is 5.52. The first kappa shape index (κ1) is 10.7. The molecule has 0 saturated heterocycles. The third-order valence-electron chi connectivity index (χ3n) is 2.56. The molecule has 0 amide bonds. The standard InChI is InChI=1S/C14H16N2/c1-3-4-9-15-14-11(2)10-12-7-5-6-8-13(12)16-14/h3,5-8,10H,1,4,9H2,2H3,(H,15,16). The Hall–Kier alpha value is -1.83. The van der Waals surface area contributed by atoms with Crippen LogP contribution in [0.15, 0.2) is 43.0 Å². The van der Waals surface area contributed by atoms with Gasteiger partial charge in [-0.05, 0) is 31.0 Å². The van der Waals surface area contributed by atoms with Gasteiger partial charge in [-0.3, -0.25) is 0 Å². The second kappa shape index (κ2) is 4.79. The monoisotopic (exact) mass is 212 g/mol. The molecule has 0 radical (unpaired) electrons. The Bertz CT molecular complexity index is 503. The van der Waals surface area contributed by atoms with Gasteiger partial charge in [-0.1, -0.05) is 24.3 Å². The van der Waals surface area contributed by atoms with Gasteiger partial charge in [0, 0.05) is 11.9 Å². The highest BCUT2D eigenvalue weighted by Crippen LogP contribution is 2.19. The molecule has 0 fully saturated rings. The van der Waals surface area contributed by atoms with E-state index in [2.05, 4.69) is 35.9 Å². The first-order valence-corrected chi connectivity index (χ1v) is 5.52. The van der Waals surface area contributed by atoms with E-state index in [1.165, 1.54) is 10.9 Å². The van der Waals surface area contributed by atoms with Crippen LogP contribution in [0.1, 0.15) is 12.0 Å². The van der Waals surface area contributed by atoms with Gasteiger partial charge in [-0.2, -0.15) is 0 Å². The van der Waals surface area contributed by atoms with E-state index in [0.717, 1.165) is 24.3 Å². The topological polar surface area (TPSA) is 24.9 Å². The molecule has 0 aliphatic rings. The molecule has 2 rings (SSSR count). The lowest BCUT2D eigenvalue weighted by molar-refractivity contribution is 1.05. The van der Waals surface area contributed by atoms with E-state index in [4.69, 9.17) is 0 Å². The molecular formula is C14H16N2. The second-order valence-corrected chi connectivity index (χ2v) is 3.85. The molecular weight excluding hydrogens is 196 g/mol. The average Bonchev–Trinajstić information content (AvgIpc) is 2.30. The molecule has 2 heteroatoms. The Morgan fingerprint density at radius 2 is 2.19 bits per heavy atom. The molecule has 1 heterocycles. The Labute approximate surface area is 96.0 Å². The van der Waals surface area contributed by atoms with Crippen molar-refractivity contribution in [3.8, 4) is 0 Å². The van der Waals surface area contributed by atoms with Crippen LogP contribution in [-0.2, 0) is 0 Å². The van der Waals surface area contributed by atoms with Gasteiger partial charge in [-0.15, -0.1) is 6.58 Å². The smallest absolute Gasteiger partial charge is 0.129 e. The normalized spacial score (nSPS) is 10.3. The third kappa shape index (κ3) is 2.22. The van der Waals surface area contributed by atoms with Crippen molar-refractivity contribution < 1.29 is 0 Å². The fraction of sp³-hybridized carbons (Fsp3) is 0.214. The van der Waals surface area contributed by atoms with Crippen molar-refractivity contribution in [1.29, 1.82) is 0 Å². The largest absolute Gasteiger partial charge is 0.370 e. The zero-order valence-corrected chi connectivity index (χ0v) is 9.53. The van der Waals surface area contributed by atoms with Gasteiger partial charge >= 0.3 is 0 Å². The van der Waals surface area contributed by atoms with Gasteiger partial charge < -0.3 is 5.32 Å². The molecule has 0 spiro atoms. The number of nitrogens with one attached hydrogen (secondary N) is 1. The van der Waals surface area contributed by atoms with Crippen molar-refractivity contribution in [2.45, 2.75) is 13.3 Å². The van der Waals surface area contributed by atoms with Gasteiger partial charge in [0.15, 0.2) is 0 Å². The molecule has 0 bridgehead atoms. The SMILES string of the molecule is C=CCCNc1nc2ccccc2cc1C. The minimum absolute atomic E-state index is 0.885. The zero-order valence-electron chi connectivity index (χ0n) is 9.53. The number of aromatic nitrogens is 1. The molecule has 1 aromatic heterocycles. The van der Waals surface area contributed by atoms with Crippen LogP contribution < -0.4 is 5.32 Å². The summed E-state index contributed by atoms with van der Waals surface area (Å²) in [6.45, 7) is 6.67. The predicted octanol–water partition coefficient (Wildman–Crippen LogP) is 3.53. The minimum Gasteiger partial charge on any atom is -0.370 e. The molecule has 2 aromatic rings. The molecule has 0 aliphatic carbocycles. The van der Waals surface area contributed by atoms with E-state index in [1.807, 2.05) is 24.3 Å². The highest BCUT2D eigenvalue weighted by atomic mass is 15.0. The van der Waals surface area contributed by atoms with Crippen LogP contribution in [0.3, 0.4) is 0 Å². The van der Waals surface area contributed by atoms with Crippen LogP contribution in [0.2, 0.25) is 0 Å². The molecule has 0 aliphatic heterocycles. The Morgan fingerprint density at radius 1 is 1.38 bits per heavy atom. The summed E-state index contributed by atoms with van der Waals surface area (Å²) in [7, 11) is 0. The van der Waals surface area contributed by atoms with Crippen molar-refractivity contribution in [2.75, 3.05) is 11.9 Å². The maximum atomic E-state index is 4.60. The summed E-state index contributed by atoms with van der Waals surface area (Å²) in [4.78, 5) is 4.60. The van der Waals surface area contributed by atoms with E-state index in [0.29, 0.717) is 0 Å². The number of para-hydroxylation sites is 1. The van der Waals surface area contributed by atoms with Crippen LogP contribution >= 0.6 is 0 Å². The van der Waals surface area contributed by atoms with Gasteiger partial charge in [0.1, 0.15) is 5.82 Å². The lowest BCUT2D eigenvalue weighted by atomic mass is 10.1. The van der Waals surface area contributed by atoms with Crippen molar-refractivity contribution in [3.05, 3.63) is 48.6 Å². The summed E-state index contributed by atoms with van der Waals surface area (Å²) in [6, 6.07) is 10.3. The van der Waals surface area contributed by atoms with Crippen LogP contribution in [0, 0.1) is 6.92 Å². The van der Waals surface area contributed by atoms with E-state index in [9.17, 15) is 0 Å². The number of anilines is 1. The highest BCUT2D eigenvalue weighted by molar-refractivity contribution is 5.81. The number of hydrogen-bond donors (Lipinski definition) is 1. The number of nitrogens with zero attached hydrogens (tertiary/aromatic N) is 1. The van der Waals surface area contributed by atoms with E-state index >= 15 is 0 Å². The first-order chi connectivity index (χ1) is 7.81. The molecule has 16 heavy (non-hydrogen) atoms. The third-order valence-corrected chi connectivity index (χ3v) is 2.56. The highest BCUT2D eigenvalue weighted by Gasteiger charge is 2.01. The maximum absolute atomic E-state index is 4.60. The molecule has 0 atom stereocenters. The summed E-state index contributed by atoms with van der Waals surface area (Å²) in [5.74, 6) is 0.973. The Morgan fingerprint density at radius 3 is 3.00 bits per heavy atom. The Balaban J connectivity index is 2.30. The van der Waals surface area contributed by atoms with Gasteiger partial charge in [0.05, 0.1) is 5.52 Å². The fourth-order valence-corrected chi connectivity index (χ4v) is 1.69.